The number of thiophene rings is 1. The van der Waals surface area contributed by atoms with Crippen LogP contribution in [0.2, 0.25) is 5.02 Å². The van der Waals surface area contributed by atoms with Crippen molar-refractivity contribution in [3.63, 3.8) is 0 Å². The zero-order valence-electron chi connectivity index (χ0n) is 14.8. The van der Waals surface area contributed by atoms with Crippen molar-refractivity contribution in [3.05, 3.63) is 45.9 Å². The van der Waals surface area contributed by atoms with Crippen LogP contribution in [-0.2, 0) is 0 Å². The van der Waals surface area contributed by atoms with Crippen LogP contribution in [0.4, 0.5) is 0 Å². The first-order valence-electron chi connectivity index (χ1n) is 8.65. The molecular formula is C19H21ClN4OS. The fraction of sp³-hybridized carbons (Fsp3) is 0.368. The van der Waals surface area contributed by atoms with Crippen LogP contribution in [0, 0.1) is 12.3 Å². The van der Waals surface area contributed by atoms with E-state index >= 15 is 0 Å². The second-order valence-electron chi connectivity index (χ2n) is 7.30. The van der Waals surface area contributed by atoms with Crippen LogP contribution in [0.25, 0.3) is 15.9 Å². The fourth-order valence-corrected chi connectivity index (χ4v) is 4.79. The quantitative estimate of drug-likeness (QED) is 0.740. The molecule has 0 bridgehead atoms. The monoisotopic (exact) mass is 388 g/mol. The van der Waals surface area contributed by atoms with Crippen LogP contribution in [0.15, 0.2) is 30.3 Å². The SMILES string of the molecule is Cc1nn(-c2cccc(Cl)c2)c2sc(C(=O)N3CCC(C)(CN)C3)cc12. The predicted octanol–water partition coefficient (Wildman–Crippen LogP) is 3.86. The van der Waals surface area contributed by atoms with Gasteiger partial charge in [-0.1, -0.05) is 24.6 Å². The number of aryl methyl sites for hydroxylation is 1. The molecule has 2 aromatic heterocycles. The molecule has 7 heteroatoms. The summed E-state index contributed by atoms with van der Waals surface area (Å²) < 4.78 is 1.87. The minimum Gasteiger partial charge on any atom is -0.337 e. The molecule has 4 rings (SSSR count). The van der Waals surface area contributed by atoms with Crippen molar-refractivity contribution in [1.29, 1.82) is 0 Å². The molecule has 1 saturated heterocycles. The van der Waals surface area contributed by atoms with Crippen molar-refractivity contribution >= 4 is 39.1 Å². The minimum atomic E-state index is 0.0276. The van der Waals surface area contributed by atoms with Gasteiger partial charge in [-0.15, -0.1) is 11.3 Å². The molecule has 1 aliphatic rings. The average Bonchev–Trinajstić information content (AvgIpc) is 3.30. The van der Waals surface area contributed by atoms with Crippen molar-refractivity contribution in [2.24, 2.45) is 11.1 Å². The maximum atomic E-state index is 13.0. The van der Waals surface area contributed by atoms with E-state index in [2.05, 4.69) is 12.0 Å². The number of nitrogens with zero attached hydrogens (tertiary/aromatic N) is 3. The third kappa shape index (κ3) is 2.92. The lowest BCUT2D eigenvalue weighted by molar-refractivity contribution is 0.0782. The van der Waals surface area contributed by atoms with Gasteiger partial charge >= 0.3 is 0 Å². The van der Waals surface area contributed by atoms with Gasteiger partial charge in [-0.2, -0.15) is 5.10 Å². The normalized spacial score (nSPS) is 20.2. The molecule has 1 amide bonds. The van der Waals surface area contributed by atoms with Crippen molar-refractivity contribution in [3.8, 4) is 5.69 Å². The Kier molecular flexibility index (Phi) is 4.29. The van der Waals surface area contributed by atoms with Gasteiger partial charge in [-0.25, -0.2) is 4.68 Å². The van der Waals surface area contributed by atoms with Gasteiger partial charge < -0.3 is 10.6 Å². The number of amides is 1. The summed E-state index contributed by atoms with van der Waals surface area (Å²) in [6.45, 7) is 6.19. The van der Waals surface area contributed by atoms with Gasteiger partial charge in [0.1, 0.15) is 4.83 Å². The number of aromatic nitrogens is 2. The number of hydrogen-bond acceptors (Lipinski definition) is 4. The van der Waals surface area contributed by atoms with E-state index in [1.165, 1.54) is 11.3 Å². The van der Waals surface area contributed by atoms with Gasteiger partial charge in [-0.05, 0) is 49.6 Å². The first kappa shape index (κ1) is 17.5. The highest BCUT2D eigenvalue weighted by Gasteiger charge is 2.35. The van der Waals surface area contributed by atoms with Crippen LogP contribution in [-0.4, -0.2) is 40.2 Å². The van der Waals surface area contributed by atoms with E-state index in [-0.39, 0.29) is 11.3 Å². The third-order valence-corrected chi connectivity index (χ3v) is 6.48. The number of carbonyl (C=O) groups excluding carboxylic acids is 1. The molecule has 1 fully saturated rings. The maximum absolute atomic E-state index is 13.0. The first-order valence-corrected chi connectivity index (χ1v) is 9.84. The lowest BCUT2D eigenvalue weighted by Crippen LogP contribution is -2.34. The number of hydrogen-bond donors (Lipinski definition) is 1. The van der Waals surface area contributed by atoms with E-state index in [0.717, 1.165) is 46.0 Å². The highest BCUT2D eigenvalue weighted by Crippen LogP contribution is 2.34. The standard InChI is InChI=1S/C19H21ClN4OS/c1-12-15-9-16(17(25)23-7-6-19(2,10-21)11-23)26-18(15)24(22-12)14-5-3-4-13(20)8-14/h3-5,8-9H,6-7,10-11,21H2,1-2H3. The Labute approximate surface area is 161 Å². The third-order valence-electron chi connectivity index (χ3n) is 5.15. The van der Waals surface area contributed by atoms with Gasteiger partial charge in [0.2, 0.25) is 0 Å². The first-order chi connectivity index (χ1) is 12.4. The van der Waals surface area contributed by atoms with Crippen molar-refractivity contribution < 1.29 is 4.79 Å². The number of nitrogens with two attached hydrogens (primary N) is 1. The molecule has 0 spiro atoms. The van der Waals surface area contributed by atoms with Crippen molar-refractivity contribution in [2.75, 3.05) is 19.6 Å². The van der Waals surface area contributed by atoms with Crippen LogP contribution < -0.4 is 5.73 Å². The molecule has 1 aromatic carbocycles. The Morgan fingerprint density at radius 1 is 1.42 bits per heavy atom. The smallest absolute Gasteiger partial charge is 0.264 e. The summed E-state index contributed by atoms with van der Waals surface area (Å²) in [5.74, 6) is 0.0837. The van der Waals surface area contributed by atoms with E-state index < -0.39 is 0 Å². The molecule has 1 unspecified atom stereocenters. The number of fused-ring (bicyclic) bond motifs is 1. The number of halogens is 1. The van der Waals surface area contributed by atoms with E-state index in [1.54, 1.807) is 0 Å². The number of rotatable bonds is 3. The lowest BCUT2D eigenvalue weighted by Gasteiger charge is -2.22. The summed E-state index contributed by atoms with van der Waals surface area (Å²) in [6.07, 6.45) is 0.954. The molecule has 1 aliphatic heterocycles. The summed E-state index contributed by atoms with van der Waals surface area (Å²) >= 11 is 7.61. The molecule has 0 aliphatic carbocycles. The molecule has 0 radical (unpaired) electrons. The molecule has 5 nitrogen and oxygen atoms in total. The number of benzene rings is 1. The van der Waals surface area contributed by atoms with Gasteiger partial charge in [-0.3, -0.25) is 4.79 Å². The zero-order chi connectivity index (χ0) is 18.5. The van der Waals surface area contributed by atoms with E-state index in [1.807, 2.05) is 46.8 Å². The predicted molar refractivity (Wildman–Crippen MR) is 106 cm³/mol. The van der Waals surface area contributed by atoms with Crippen LogP contribution in [0.1, 0.15) is 28.7 Å². The summed E-state index contributed by atoms with van der Waals surface area (Å²) in [7, 11) is 0. The zero-order valence-corrected chi connectivity index (χ0v) is 16.4. The van der Waals surface area contributed by atoms with Gasteiger partial charge in [0.15, 0.2) is 0 Å². The summed E-state index contributed by atoms with van der Waals surface area (Å²) in [5.41, 5.74) is 7.70. The summed E-state index contributed by atoms with van der Waals surface area (Å²) in [5, 5.41) is 6.30. The Hall–Kier alpha value is -1.89. The van der Waals surface area contributed by atoms with Gasteiger partial charge in [0.25, 0.3) is 5.91 Å². The second-order valence-corrected chi connectivity index (χ2v) is 8.77. The van der Waals surface area contributed by atoms with Crippen LogP contribution in [0.3, 0.4) is 0 Å². The lowest BCUT2D eigenvalue weighted by atomic mass is 9.90. The molecule has 26 heavy (non-hydrogen) atoms. The van der Waals surface area contributed by atoms with Gasteiger partial charge in [0.05, 0.1) is 16.3 Å². The van der Waals surface area contributed by atoms with E-state index in [0.29, 0.717) is 11.6 Å². The minimum absolute atomic E-state index is 0.0276. The molecular weight excluding hydrogens is 368 g/mol. The van der Waals surface area contributed by atoms with Crippen molar-refractivity contribution in [1.82, 2.24) is 14.7 Å². The molecule has 2 N–H and O–H groups in total. The van der Waals surface area contributed by atoms with Crippen molar-refractivity contribution in [2.45, 2.75) is 20.3 Å². The Morgan fingerprint density at radius 2 is 2.23 bits per heavy atom. The number of carbonyl (C=O) groups is 1. The fourth-order valence-electron chi connectivity index (χ4n) is 3.46. The Balaban J connectivity index is 1.70. The Morgan fingerprint density at radius 3 is 2.92 bits per heavy atom. The topological polar surface area (TPSA) is 64.2 Å². The Bertz CT molecular complexity index is 995. The maximum Gasteiger partial charge on any atom is 0.264 e. The molecule has 0 saturated carbocycles. The summed E-state index contributed by atoms with van der Waals surface area (Å²) in [6, 6.07) is 9.54. The highest BCUT2D eigenvalue weighted by molar-refractivity contribution is 7.20. The second kappa shape index (κ2) is 6.37. The van der Waals surface area contributed by atoms with E-state index in [4.69, 9.17) is 17.3 Å². The van der Waals surface area contributed by atoms with E-state index in [9.17, 15) is 4.79 Å². The highest BCUT2D eigenvalue weighted by atomic mass is 35.5. The molecule has 3 heterocycles. The largest absolute Gasteiger partial charge is 0.337 e. The molecule has 3 aromatic rings. The molecule has 136 valence electrons. The van der Waals surface area contributed by atoms with Crippen LogP contribution >= 0.6 is 22.9 Å². The number of likely N-dealkylation sites (tertiary alicyclic amines) is 1. The average molecular weight is 389 g/mol. The molecule has 1 atom stereocenters. The van der Waals surface area contributed by atoms with Gasteiger partial charge in [0, 0.05) is 23.5 Å². The van der Waals surface area contributed by atoms with Crippen LogP contribution in [0.5, 0.6) is 0 Å². The summed E-state index contributed by atoms with van der Waals surface area (Å²) in [4.78, 5) is 16.6.